The van der Waals surface area contributed by atoms with Crippen molar-refractivity contribution in [1.29, 1.82) is 0 Å². The van der Waals surface area contributed by atoms with E-state index in [1.807, 2.05) is 0 Å². The first kappa shape index (κ1) is 11.9. The van der Waals surface area contributed by atoms with E-state index in [1.165, 1.54) is 0 Å². The van der Waals surface area contributed by atoms with Crippen LogP contribution >= 0.6 is 0 Å². The Hall–Kier alpha value is -1.21. The van der Waals surface area contributed by atoms with E-state index in [1.54, 1.807) is 0 Å². The van der Waals surface area contributed by atoms with E-state index in [4.69, 9.17) is 5.11 Å². The van der Waals surface area contributed by atoms with Crippen LogP contribution in [0.1, 0.15) is 19.3 Å². The summed E-state index contributed by atoms with van der Waals surface area (Å²) >= 11 is 0. The summed E-state index contributed by atoms with van der Waals surface area (Å²) in [7, 11) is 0. The van der Waals surface area contributed by atoms with Crippen LogP contribution in [0.2, 0.25) is 0 Å². The first-order valence-electron chi connectivity index (χ1n) is 4.64. The smallest absolute Gasteiger partial charge is 0.307 e. The molecule has 1 saturated carbocycles. The molecule has 1 aliphatic rings. The number of hydrogen-bond donors (Lipinski definition) is 3. The minimum atomic E-state index is -2.24. The van der Waals surface area contributed by atoms with Crippen LogP contribution in [0.4, 0.5) is 0 Å². The van der Waals surface area contributed by atoms with Crippen molar-refractivity contribution in [2.24, 2.45) is 11.8 Å². The fourth-order valence-corrected chi connectivity index (χ4v) is 2.02. The van der Waals surface area contributed by atoms with Crippen LogP contribution in [0, 0.1) is 22.0 Å². The predicted octanol–water partition coefficient (Wildman–Crippen LogP) is -0.555. The van der Waals surface area contributed by atoms with Crippen molar-refractivity contribution < 1.29 is 25.0 Å². The number of carbonyl (C=O) groups is 1. The molecule has 3 N–H and O–H groups in total. The molecule has 0 aromatic rings. The number of nitrogens with zero attached hydrogens (tertiary/aromatic N) is 1. The van der Waals surface area contributed by atoms with E-state index in [2.05, 4.69) is 0 Å². The third-order valence-corrected chi connectivity index (χ3v) is 2.80. The first-order valence-corrected chi connectivity index (χ1v) is 4.64. The fourth-order valence-electron chi connectivity index (χ4n) is 2.02. The van der Waals surface area contributed by atoms with E-state index >= 15 is 0 Å². The Morgan fingerprint density at radius 2 is 2.13 bits per heavy atom. The topological polar surface area (TPSA) is 121 Å². The summed E-state index contributed by atoms with van der Waals surface area (Å²) in [6.07, 6.45) is 0.574. The molecule has 1 aliphatic carbocycles. The molecule has 2 unspecified atom stereocenters. The van der Waals surface area contributed by atoms with E-state index in [9.17, 15) is 25.1 Å². The number of nitro groups is 1. The van der Waals surface area contributed by atoms with Crippen LogP contribution in [0.25, 0.3) is 0 Å². The zero-order valence-electron chi connectivity index (χ0n) is 8.00. The predicted molar refractivity (Wildman–Crippen MR) is 47.5 cm³/mol. The highest BCUT2D eigenvalue weighted by atomic mass is 16.6. The van der Waals surface area contributed by atoms with Crippen LogP contribution in [0.5, 0.6) is 0 Å². The molecule has 0 heterocycles. The summed E-state index contributed by atoms with van der Waals surface area (Å²) in [5.41, 5.74) is 0. The van der Waals surface area contributed by atoms with Crippen molar-refractivity contribution in [3.8, 4) is 0 Å². The zero-order chi connectivity index (χ0) is 11.6. The zero-order valence-corrected chi connectivity index (χ0v) is 8.00. The lowest BCUT2D eigenvalue weighted by molar-refractivity contribution is -0.501. The van der Waals surface area contributed by atoms with E-state index in [0.29, 0.717) is 6.42 Å². The minimum Gasteiger partial charge on any atom is -0.481 e. The second-order valence-corrected chi connectivity index (χ2v) is 3.84. The van der Waals surface area contributed by atoms with Crippen LogP contribution in [0.3, 0.4) is 0 Å². The van der Waals surface area contributed by atoms with E-state index < -0.39 is 35.1 Å². The van der Waals surface area contributed by atoms with Crippen molar-refractivity contribution in [3.63, 3.8) is 0 Å². The van der Waals surface area contributed by atoms with Gasteiger partial charge in [0.05, 0.1) is 11.8 Å². The summed E-state index contributed by atoms with van der Waals surface area (Å²) < 4.78 is 0. The molecule has 2 atom stereocenters. The van der Waals surface area contributed by atoms with Crippen molar-refractivity contribution in [1.82, 2.24) is 0 Å². The number of rotatable bonds is 3. The molecule has 0 bridgehead atoms. The van der Waals surface area contributed by atoms with Gasteiger partial charge in [0.2, 0.25) is 6.54 Å². The fraction of sp³-hybridized carbons (Fsp3) is 0.875. The van der Waals surface area contributed by atoms with Crippen molar-refractivity contribution in [2.75, 3.05) is 6.54 Å². The van der Waals surface area contributed by atoms with E-state index in [0.717, 1.165) is 0 Å². The van der Waals surface area contributed by atoms with Gasteiger partial charge in [0.15, 0.2) is 5.79 Å². The number of carboxylic acid groups (broad SMARTS) is 1. The van der Waals surface area contributed by atoms with Gasteiger partial charge in [-0.3, -0.25) is 14.9 Å². The number of aliphatic carboxylic acids is 1. The lowest BCUT2D eigenvalue weighted by Crippen LogP contribution is -2.50. The van der Waals surface area contributed by atoms with Crippen molar-refractivity contribution in [2.45, 2.75) is 25.0 Å². The molecule has 7 heteroatoms. The Bertz CT molecular complexity index is 276. The molecule has 0 amide bonds. The van der Waals surface area contributed by atoms with Gasteiger partial charge in [-0.1, -0.05) is 0 Å². The second kappa shape index (κ2) is 4.11. The van der Waals surface area contributed by atoms with Crippen LogP contribution in [0.15, 0.2) is 0 Å². The van der Waals surface area contributed by atoms with Gasteiger partial charge in [-0.2, -0.15) is 0 Å². The summed E-state index contributed by atoms with van der Waals surface area (Å²) in [5.74, 6) is -5.75. The summed E-state index contributed by atoms with van der Waals surface area (Å²) in [6, 6.07) is 0. The Balaban J connectivity index is 2.86. The van der Waals surface area contributed by atoms with Crippen LogP contribution in [-0.2, 0) is 4.79 Å². The summed E-state index contributed by atoms with van der Waals surface area (Å²) in [4.78, 5) is 20.4. The maximum absolute atomic E-state index is 10.8. The molecule has 0 aromatic carbocycles. The standard InChI is InChI=1S/C8H13NO6/c10-7(11)5-2-1-3-8(12,13)6(5)4-9(14)15/h5-6,12-13H,1-4H2,(H,10,11). The minimum absolute atomic E-state index is 0.0186. The number of aliphatic hydroxyl groups is 2. The van der Waals surface area contributed by atoms with Crippen molar-refractivity contribution >= 4 is 5.97 Å². The molecule has 0 spiro atoms. The van der Waals surface area contributed by atoms with E-state index in [-0.39, 0.29) is 12.8 Å². The normalized spacial score (nSPS) is 29.7. The third kappa shape index (κ3) is 2.63. The lowest BCUT2D eigenvalue weighted by Gasteiger charge is -2.36. The maximum atomic E-state index is 10.8. The number of hydrogen-bond acceptors (Lipinski definition) is 5. The average Bonchev–Trinajstić information content (AvgIpc) is 2.07. The number of carboxylic acids is 1. The van der Waals surface area contributed by atoms with Crippen LogP contribution < -0.4 is 0 Å². The Labute approximate surface area is 85.5 Å². The van der Waals surface area contributed by atoms with Gasteiger partial charge in [0.1, 0.15) is 0 Å². The van der Waals surface area contributed by atoms with Gasteiger partial charge < -0.3 is 15.3 Å². The Morgan fingerprint density at radius 1 is 1.53 bits per heavy atom. The highest BCUT2D eigenvalue weighted by Gasteiger charge is 2.48. The molecule has 0 saturated heterocycles. The largest absolute Gasteiger partial charge is 0.481 e. The molecule has 7 nitrogen and oxygen atoms in total. The van der Waals surface area contributed by atoms with Gasteiger partial charge >= 0.3 is 5.97 Å². The molecular weight excluding hydrogens is 206 g/mol. The Kier molecular flexibility index (Phi) is 3.25. The molecule has 0 aliphatic heterocycles. The Morgan fingerprint density at radius 3 is 2.60 bits per heavy atom. The second-order valence-electron chi connectivity index (χ2n) is 3.84. The van der Waals surface area contributed by atoms with Crippen LogP contribution in [-0.4, -0.2) is 38.5 Å². The monoisotopic (exact) mass is 219 g/mol. The van der Waals surface area contributed by atoms with Gasteiger partial charge in [0.25, 0.3) is 0 Å². The molecule has 86 valence electrons. The average molecular weight is 219 g/mol. The molecule has 0 aromatic heterocycles. The molecule has 0 radical (unpaired) electrons. The summed E-state index contributed by atoms with van der Waals surface area (Å²) in [5, 5.41) is 38.1. The lowest BCUT2D eigenvalue weighted by atomic mass is 9.75. The van der Waals surface area contributed by atoms with Crippen molar-refractivity contribution in [3.05, 3.63) is 10.1 Å². The molecular formula is C8H13NO6. The SMILES string of the molecule is O=C(O)C1CCCC(O)(O)C1C[N+](=O)[O-]. The van der Waals surface area contributed by atoms with Gasteiger partial charge in [-0.05, 0) is 12.8 Å². The summed E-state index contributed by atoms with van der Waals surface area (Å²) in [6.45, 7) is -0.732. The highest BCUT2D eigenvalue weighted by Crippen LogP contribution is 2.36. The molecule has 15 heavy (non-hydrogen) atoms. The molecule has 1 fully saturated rings. The van der Waals surface area contributed by atoms with Gasteiger partial charge in [-0.15, -0.1) is 0 Å². The first-order chi connectivity index (χ1) is 6.84. The quantitative estimate of drug-likeness (QED) is 0.332. The molecule has 1 rings (SSSR count). The highest BCUT2D eigenvalue weighted by molar-refractivity contribution is 5.70. The van der Waals surface area contributed by atoms with Gasteiger partial charge in [-0.25, -0.2) is 0 Å². The van der Waals surface area contributed by atoms with Gasteiger partial charge in [0, 0.05) is 11.3 Å². The third-order valence-electron chi connectivity index (χ3n) is 2.80. The maximum Gasteiger partial charge on any atom is 0.307 e.